The Morgan fingerprint density at radius 1 is 0.667 bits per heavy atom. The van der Waals surface area contributed by atoms with Crippen LogP contribution in [0.25, 0.3) is 0 Å². The number of aliphatic hydroxyl groups is 1. The molecule has 3 nitrogen and oxygen atoms in total. The van der Waals surface area contributed by atoms with Crippen molar-refractivity contribution in [3.63, 3.8) is 0 Å². The maximum Gasteiger partial charge on any atom is 0.340 e. The van der Waals surface area contributed by atoms with Crippen molar-refractivity contribution in [3.8, 4) is 0 Å². The summed E-state index contributed by atoms with van der Waals surface area (Å²) in [7, 11) is 0. The Morgan fingerprint density at radius 3 is 1.46 bits per heavy atom. The molecule has 0 amide bonds. The highest BCUT2D eigenvalue weighted by molar-refractivity contribution is 5.76. The molecular weight excluding hydrogens is 300 g/mol. The van der Waals surface area contributed by atoms with E-state index >= 15 is 0 Å². The minimum atomic E-state index is -1.30. The number of esters is 1. The number of carbonyl (C=O) groups is 1. The van der Waals surface area contributed by atoms with Gasteiger partial charge in [-0.1, -0.05) is 91.0 Å². The van der Waals surface area contributed by atoms with E-state index in [1.165, 1.54) is 0 Å². The maximum atomic E-state index is 12.4. The molecule has 0 radical (unpaired) electrons. The van der Waals surface area contributed by atoms with Crippen LogP contribution in [0.2, 0.25) is 0 Å². The van der Waals surface area contributed by atoms with Crippen LogP contribution in [0.1, 0.15) is 28.9 Å². The highest BCUT2D eigenvalue weighted by Crippen LogP contribution is 2.28. The van der Waals surface area contributed by atoms with Gasteiger partial charge in [0, 0.05) is 0 Å². The van der Waals surface area contributed by atoms with Crippen LogP contribution in [0, 0.1) is 0 Å². The second-order valence-electron chi connectivity index (χ2n) is 5.45. The molecule has 0 heterocycles. The summed E-state index contributed by atoms with van der Waals surface area (Å²) in [5.74, 6) is -0.668. The first-order chi connectivity index (χ1) is 11.8. The smallest absolute Gasteiger partial charge is 0.340 e. The predicted octanol–water partition coefficient (Wildman–Crippen LogP) is 4.05. The van der Waals surface area contributed by atoms with E-state index in [0.29, 0.717) is 5.56 Å². The zero-order valence-corrected chi connectivity index (χ0v) is 13.1. The maximum absolute atomic E-state index is 12.4. The Hall–Kier alpha value is -2.91. The second kappa shape index (κ2) is 7.57. The zero-order valence-electron chi connectivity index (χ0n) is 13.1. The van der Waals surface area contributed by atoms with Crippen molar-refractivity contribution >= 4 is 5.97 Å². The topological polar surface area (TPSA) is 46.5 Å². The van der Waals surface area contributed by atoms with Gasteiger partial charge < -0.3 is 9.84 Å². The SMILES string of the molecule is O=C(OC(c1ccccc1)c1ccccc1)C(O)c1ccccc1. The van der Waals surface area contributed by atoms with Gasteiger partial charge in [0.2, 0.25) is 0 Å². The first-order valence-electron chi connectivity index (χ1n) is 7.79. The molecular formula is C21H18O3. The molecule has 0 aliphatic heterocycles. The largest absolute Gasteiger partial charge is 0.450 e. The van der Waals surface area contributed by atoms with Crippen molar-refractivity contribution in [2.24, 2.45) is 0 Å². The molecule has 0 aliphatic carbocycles. The lowest BCUT2D eigenvalue weighted by Crippen LogP contribution is -2.19. The quantitative estimate of drug-likeness (QED) is 0.722. The molecule has 0 saturated heterocycles. The Morgan fingerprint density at radius 2 is 1.04 bits per heavy atom. The molecule has 24 heavy (non-hydrogen) atoms. The van der Waals surface area contributed by atoms with Crippen molar-refractivity contribution in [1.29, 1.82) is 0 Å². The molecule has 1 unspecified atom stereocenters. The molecule has 3 aromatic rings. The van der Waals surface area contributed by atoms with Crippen LogP contribution in [0.3, 0.4) is 0 Å². The monoisotopic (exact) mass is 318 g/mol. The summed E-state index contributed by atoms with van der Waals surface area (Å²) in [6.07, 6.45) is -1.86. The van der Waals surface area contributed by atoms with Crippen LogP contribution < -0.4 is 0 Å². The molecule has 0 saturated carbocycles. The van der Waals surface area contributed by atoms with E-state index in [2.05, 4.69) is 0 Å². The molecule has 1 atom stereocenters. The van der Waals surface area contributed by atoms with Gasteiger partial charge >= 0.3 is 5.97 Å². The van der Waals surface area contributed by atoms with E-state index < -0.39 is 18.2 Å². The second-order valence-corrected chi connectivity index (χ2v) is 5.45. The van der Waals surface area contributed by atoms with E-state index in [9.17, 15) is 9.90 Å². The lowest BCUT2D eigenvalue weighted by molar-refractivity contribution is -0.158. The van der Waals surface area contributed by atoms with Gasteiger partial charge in [-0.2, -0.15) is 0 Å². The average Bonchev–Trinajstić information content (AvgIpc) is 2.67. The molecule has 0 aliphatic rings. The first kappa shape index (κ1) is 16.0. The molecule has 0 bridgehead atoms. The third-order valence-electron chi connectivity index (χ3n) is 3.78. The van der Waals surface area contributed by atoms with E-state index in [1.54, 1.807) is 24.3 Å². The van der Waals surface area contributed by atoms with E-state index in [0.717, 1.165) is 11.1 Å². The van der Waals surface area contributed by atoms with E-state index in [-0.39, 0.29) is 0 Å². The summed E-state index contributed by atoms with van der Waals surface area (Å²) in [5.41, 5.74) is 2.23. The van der Waals surface area contributed by atoms with Crippen LogP contribution in [0.4, 0.5) is 0 Å². The standard InChI is InChI=1S/C21H18O3/c22-19(16-10-4-1-5-11-16)21(23)24-20(17-12-6-2-7-13-17)18-14-8-3-9-15-18/h1-15,19-20,22H. The minimum absolute atomic E-state index is 0.516. The number of hydrogen-bond acceptors (Lipinski definition) is 3. The number of hydrogen-bond donors (Lipinski definition) is 1. The summed E-state index contributed by atoms with van der Waals surface area (Å²) >= 11 is 0. The molecule has 3 aromatic carbocycles. The van der Waals surface area contributed by atoms with Crippen LogP contribution in [0.5, 0.6) is 0 Å². The zero-order chi connectivity index (χ0) is 16.8. The predicted molar refractivity (Wildman–Crippen MR) is 92.2 cm³/mol. The van der Waals surface area contributed by atoms with Crippen molar-refractivity contribution in [1.82, 2.24) is 0 Å². The molecule has 0 aromatic heterocycles. The summed E-state index contributed by atoms with van der Waals surface area (Å²) < 4.78 is 5.65. The van der Waals surface area contributed by atoms with Gasteiger partial charge in [-0.3, -0.25) is 0 Å². The third kappa shape index (κ3) is 3.70. The van der Waals surface area contributed by atoms with Gasteiger partial charge in [-0.25, -0.2) is 4.79 Å². The first-order valence-corrected chi connectivity index (χ1v) is 7.79. The lowest BCUT2D eigenvalue weighted by Gasteiger charge is -2.21. The number of benzene rings is 3. The fourth-order valence-electron chi connectivity index (χ4n) is 2.54. The summed E-state index contributed by atoms with van der Waals surface area (Å²) in [6, 6.07) is 27.8. The van der Waals surface area contributed by atoms with Crippen molar-refractivity contribution in [2.45, 2.75) is 12.2 Å². The van der Waals surface area contributed by atoms with Gasteiger partial charge in [0.25, 0.3) is 0 Å². The highest BCUT2D eigenvalue weighted by Gasteiger charge is 2.24. The number of ether oxygens (including phenoxy) is 1. The van der Waals surface area contributed by atoms with Crippen molar-refractivity contribution < 1.29 is 14.6 Å². The van der Waals surface area contributed by atoms with Crippen LogP contribution in [0.15, 0.2) is 91.0 Å². The fraction of sp³-hybridized carbons (Fsp3) is 0.0952. The Balaban J connectivity index is 1.86. The molecule has 3 rings (SSSR count). The molecule has 0 fully saturated rings. The number of carbonyl (C=O) groups excluding carboxylic acids is 1. The number of aliphatic hydroxyl groups excluding tert-OH is 1. The summed E-state index contributed by atoms with van der Waals surface area (Å²) in [4.78, 5) is 12.4. The van der Waals surface area contributed by atoms with Gasteiger partial charge in [-0.05, 0) is 16.7 Å². The molecule has 120 valence electrons. The van der Waals surface area contributed by atoms with E-state index in [1.807, 2.05) is 66.7 Å². The summed E-state index contributed by atoms with van der Waals surface area (Å²) in [6.45, 7) is 0. The fourth-order valence-corrected chi connectivity index (χ4v) is 2.54. The normalized spacial score (nSPS) is 11.9. The lowest BCUT2D eigenvalue weighted by atomic mass is 10.0. The van der Waals surface area contributed by atoms with Crippen molar-refractivity contribution in [2.75, 3.05) is 0 Å². The van der Waals surface area contributed by atoms with Gasteiger partial charge in [0.15, 0.2) is 12.2 Å². The van der Waals surface area contributed by atoms with Gasteiger partial charge in [-0.15, -0.1) is 0 Å². The van der Waals surface area contributed by atoms with Gasteiger partial charge in [0.1, 0.15) is 0 Å². The molecule has 3 heteroatoms. The van der Waals surface area contributed by atoms with Crippen LogP contribution in [-0.4, -0.2) is 11.1 Å². The Labute approximate surface area is 141 Å². The third-order valence-corrected chi connectivity index (χ3v) is 3.78. The van der Waals surface area contributed by atoms with Crippen molar-refractivity contribution in [3.05, 3.63) is 108 Å². The Kier molecular flexibility index (Phi) is 5.04. The number of rotatable bonds is 5. The van der Waals surface area contributed by atoms with E-state index in [4.69, 9.17) is 4.74 Å². The minimum Gasteiger partial charge on any atom is -0.450 e. The Bertz CT molecular complexity index is 730. The van der Waals surface area contributed by atoms with Crippen LogP contribution in [-0.2, 0) is 9.53 Å². The highest BCUT2D eigenvalue weighted by atomic mass is 16.6. The van der Waals surface area contributed by atoms with Gasteiger partial charge in [0.05, 0.1) is 0 Å². The molecule has 1 N–H and O–H groups in total. The van der Waals surface area contributed by atoms with Crippen LogP contribution >= 0.6 is 0 Å². The average molecular weight is 318 g/mol. The molecule has 0 spiro atoms. The summed E-state index contributed by atoms with van der Waals surface area (Å²) in [5, 5.41) is 10.3.